The lowest BCUT2D eigenvalue weighted by atomic mass is 10.00. The maximum absolute atomic E-state index is 4.78. The van der Waals surface area contributed by atoms with E-state index in [1.807, 2.05) is 62.0 Å². The van der Waals surface area contributed by atoms with Crippen LogP contribution in [0.3, 0.4) is 0 Å². The third kappa shape index (κ3) is 3.49. The van der Waals surface area contributed by atoms with Crippen molar-refractivity contribution in [3.8, 4) is 11.3 Å². The summed E-state index contributed by atoms with van der Waals surface area (Å²) in [6.07, 6.45) is 5.38. The van der Waals surface area contributed by atoms with Crippen molar-refractivity contribution in [2.24, 2.45) is 7.05 Å². The lowest BCUT2D eigenvalue weighted by Gasteiger charge is -2.20. The second kappa shape index (κ2) is 7.60. The van der Waals surface area contributed by atoms with Crippen molar-refractivity contribution in [3.63, 3.8) is 0 Å². The van der Waals surface area contributed by atoms with E-state index in [4.69, 9.17) is 4.98 Å². The monoisotopic (exact) mass is 370 g/mol. The van der Waals surface area contributed by atoms with Crippen molar-refractivity contribution in [2.75, 3.05) is 5.32 Å². The Morgan fingerprint density at radius 1 is 0.893 bits per heavy atom. The molecule has 0 amide bonds. The summed E-state index contributed by atoms with van der Waals surface area (Å²) < 4.78 is 1.88. The van der Waals surface area contributed by atoms with E-state index in [-0.39, 0.29) is 6.04 Å². The molecular formula is C22H22N6. The number of nitrogens with one attached hydrogen (secondary N) is 1. The number of pyridine rings is 1. The second-order valence-electron chi connectivity index (χ2n) is 6.70. The fourth-order valence-corrected chi connectivity index (χ4v) is 3.40. The van der Waals surface area contributed by atoms with E-state index in [0.717, 1.165) is 33.8 Å². The zero-order chi connectivity index (χ0) is 19.5. The molecule has 1 aromatic carbocycles. The van der Waals surface area contributed by atoms with E-state index >= 15 is 0 Å². The van der Waals surface area contributed by atoms with Crippen LogP contribution in [0.15, 0.2) is 67.1 Å². The Bertz CT molecular complexity index is 1030. The summed E-state index contributed by atoms with van der Waals surface area (Å²) in [6.45, 7) is 4.05. The van der Waals surface area contributed by atoms with Gasteiger partial charge in [-0.25, -0.2) is 9.97 Å². The van der Waals surface area contributed by atoms with Gasteiger partial charge < -0.3 is 5.32 Å². The van der Waals surface area contributed by atoms with Gasteiger partial charge in [0, 0.05) is 36.9 Å². The maximum atomic E-state index is 4.78. The normalized spacial score (nSPS) is 12.0. The van der Waals surface area contributed by atoms with Gasteiger partial charge in [-0.05, 0) is 43.2 Å². The van der Waals surface area contributed by atoms with E-state index in [2.05, 4.69) is 32.5 Å². The minimum atomic E-state index is -0.0736. The van der Waals surface area contributed by atoms with Gasteiger partial charge in [0.05, 0.1) is 17.4 Å². The van der Waals surface area contributed by atoms with E-state index in [0.29, 0.717) is 5.95 Å². The molecule has 3 heterocycles. The van der Waals surface area contributed by atoms with Crippen LogP contribution in [0.4, 0.5) is 5.95 Å². The minimum absolute atomic E-state index is 0.0736. The molecule has 0 aliphatic rings. The zero-order valence-corrected chi connectivity index (χ0v) is 16.2. The fourth-order valence-electron chi connectivity index (χ4n) is 3.40. The van der Waals surface area contributed by atoms with Crippen LogP contribution in [-0.4, -0.2) is 24.7 Å². The average Bonchev–Trinajstić information content (AvgIpc) is 2.99. The molecule has 140 valence electrons. The van der Waals surface area contributed by atoms with Crippen molar-refractivity contribution in [3.05, 3.63) is 89.6 Å². The van der Waals surface area contributed by atoms with E-state index in [1.165, 1.54) is 0 Å². The largest absolute Gasteiger partial charge is 0.343 e. The molecule has 0 spiro atoms. The van der Waals surface area contributed by atoms with Gasteiger partial charge in [0.2, 0.25) is 5.95 Å². The molecule has 6 heteroatoms. The number of hydrogen-bond acceptors (Lipinski definition) is 5. The van der Waals surface area contributed by atoms with Gasteiger partial charge in [0.1, 0.15) is 0 Å². The molecule has 0 aliphatic heterocycles. The molecule has 0 saturated heterocycles. The molecule has 0 fully saturated rings. The van der Waals surface area contributed by atoms with Crippen molar-refractivity contribution in [1.82, 2.24) is 24.7 Å². The van der Waals surface area contributed by atoms with Gasteiger partial charge in [-0.3, -0.25) is 9.67 Å². The SMILES string of the molecule is Cc1nn(C)c(C)c1-c1ccnc(N[C@@H](c2ccccc2)c2ccncc2)n1. The highest BCUT2D eigenvalue weighted by Crippen LogP contribution is 2.28. The number of nitrogens with zero attached hydrogens (tertiary/aromatic N) is 5. The van der Waals surface area contributed by atoms with Gasteiger partial charge in [-0.1, -0.05) is 30.3 Å². The summed E-state index contributed by atoms with van der Waals surface area (Å²) in [5, 5.41) is 7.99. The van der Waals surface area contributed by atoms with Crippen molar-refractivity contribution < 1.29 is 0 Å². The Hall–Kier alpha value is -3.54. The first kappa shape index (κ1) is 17.9. The Balaban J connectivity index is 1.72. The first-order chi connectivity index (χ1) is 13.6. The van der Waals surface area contributed by atoms with Crippen LogP contribution in [0.25, 0.3) is 11.3 Å². The number of hydrogen-bond donors (Lipinski definition) is 1. The van der Waals surface area contributed by atoms with Crippen LogP contribution in [0.2, 0.25) is 0 Å². The number of aromatic nitrogens is 5. The van der Waals surface area contributed by atoms with Gasteiger partial charge in [-0.15, -0.1) is 0 Å². The van der Waals surface area contributed by atoms with Crippen molar-refractivity contribution in [1.29, 1.82) is 0 Å². The predicted molar refractivity (Wildman–Crippen MR) is 110 cm³/mol. The van der Waals surface area contributed by atoms with Crippen molar-refractivity contribution >= 4 is 5.95 Å². The molecule has 1 atom stereocenters. The first-order valence-corrected chi connectivity index (χ1v) is 9.18. The summed E-state index contributed by atoms with van der Waals surface area (Å²) in [5.74, 6) is 0.575. The highest BCUT2D eigenvalue weighted by molar-refractivity contribution is 5.65. The molecule has 4 aromatic rings. The molecule has 0 bridgehead atoms. The molecule has 1 N–H and O–H groups in total. The molecule has 4 rings (SSSR count). The fraction of sp³-hybridized carbons (Fsp3) is 0.182. The van der Waals surface area contributed by atoms with Crippen LogP contribution >= 0.6 is 0 Å². The Morgan fingerprint density at radius 3 is 2.29 bits per heavy atom. The first-order valence-electron chi connectivity index (χ1n) is 9.18. The summed E-state index contributed by atoms with van der Waals surface area (Å²) in [6, 6.07) is 16.1. The van der Waals surface area contributed by atoms with E-state index < -0.39 is 0 Å². The topological polar surface area (TPSA) is 68.5 Å². The third-order valence-corrected chi connectivity index (χ3v) is 4.87. The number of aryl methyl sites for hydroxylation is 2. The standard InChI is InChI=1S/C22H22N6/c1-15-20(16(2)28(3)27-15)19-11-14-24-22(25-19)26-21(17-7-5-4-6-8-17)18-9-12-23-13-10-18/h4-14,21H,1-3H3,(H,24,25,26)/t21-/m0/s1. The molecule has 28 heavy (non-hydrogen) atoms. The number of anilines is 1. The van der Waals surface area contributed by atoms with Crippen molar-refractivity contribution in [2.45, 2.75) is 19.9 Å². The predicted octanol–water partition coefficient (Wildman–Crippen LogP) is 4.09. The number of benzene rings is 1. The summed E-state index contributed by atoms with van der Waals surface area (Å²) in [7, 11) is 1.95. The Kier molecular flexibility index (Phi) is 4.85. The van der Waals surface area contributed by atoms with E-state index in [1.54, 1.807) is 18.6 Å². The third-order valence-electron chi connectivity index (χ3n) is 4.87. The molecule has 0 radical (unpaired) electrons. The Morgan fingerprint density at radius 2 is 1.61 bits per heavy atom. The van der Waals surface area contributed by atoms with Crippen LogP contribution in [0.1, 0.15) is 28.6 Å². The lowest BCUT2D eigenvalue weighted by molar-refractivity contribution is 0.731. The summed E-state index contributed by atoms with van der Waals surface area (Å²) >= 11 is 0. The maximum Gasteiger partial charge on any atom is 0.223 e. The van der Waals surface area contributed by atoms with Crippen LogP contribution in [-0.2, 0) is 7.05 Å². The molecule has 3 aromatic heterocycles. The molecule has 6 nitrogen and oxygen atoms in total. The molecular weight excluding hydrogens is 348 g/mol. The highest BCUT2D eigenvalue weighted by Gasteiger charge is 2.17. The zero-order valence-electron chi connectivity index (χ0n) is 16.2. The van der Waals surface area contributed by atoms with Gasteiger partial charge >= 0.3 is 0 Å². The Labute approximate surface area is 164 Å². The lowest BCUT2D eigenvalue weighted by Crippen LogP contribution is -2.14. The molecule has 0 unspecified atom stereocenters. The van der Waals surface area contributed by atoms with Crippen LogP contribution in [0.5, 0.6) is 0 Å². The van der Waals surface area contributed by atoms with Crippen LogP contribution < -0.4 is 5.32 Å². The minimum Gasteiger partial charge on any atom is -0.343 e. The smallest absolute Gasteiger partial charge is 0.223 e. The van der Waals surface area contributed by atoms with Gasteiger partial charge in [0.25, 0.3) is 0 Å². The van der Waals surface area contributed by atoms with Gasteiger partial charge in [0.15, 0.2) is 0 Å². The van der Waals surface area contributed by atoms with Gasteiger partial charge in [-0.2, -0.15) is 5.10 Å². The number of rotatable bonds is 5. The summed E-state index contributed by atoms with van der Waals surface area (Å²) in [4.78, 5) is 13.4. The summed E-state index contributed by atoms with van der Waals surface area (Å²) in [5.41, 5.74) is 6.19. The van der Waals surface area contributed by atoms with Crippen LogP contribution in [0, 0.1) is 13.8 Å². The highest BCUT2D eigenvalue weighted by atomic mass is 15.3. The molecule has 0 saturated carbocycles. The average molecular weight is 370 g/mol. The molecule has 0 aliphatic carbocycles. The second-order valence-corrected chi connectivity index (χ2v) is 6.70. The van der Waals surface area contributed by atoms with E-state index in [9.17, 15) is 0 Å². The quantitative estimate of drug-likeness (QED) is 0.573.